The summed E-state index contributed by atoms with van der Waals surface area (Å²) in [5.41, 5.74) is -2.07. The number of aliphatic hydroxyl groups is 2. The predicted molar refractivity (Wildman–Crippen MR) is 90.7 cm³/mol. The van der Waals surface area contributed by atoms with Gasteiger partial charge in [-0.15, -0.1) is 0 Å². The highest BCUT2D eigenvalue weighted by atomic mass is 19.3. The molecule has 11 heteroatoms. The van der Waals surface area contributed by atoms with E-state index in [1.165, 1.54) is 0 Å². The summed E-state index contributed by atoms with van der Waals surface area (Å²) in [6.07, 6.45) is -1.49. The minimum Gasteiger partial charge on any atom is -0.394 e. The fourth-order valence-corrected chi connectivity index (χ4v) is 2.19. The topological polar surface area (TPSA) is 98.7 Å². The number of amides is 2. The van der Waals surface area contributed by atoms with Gasteiger partial charge in [-0.05, 0) is 30.3 Å². The van der Waals surface area contributed by atoms with E-state index in [0.717, 1.165) is 18.2 Å². The van der Waals surface area contributed by atoms with Crippen LogP contribution in [0.15, 0.2) is 36.4 Å². The molecule has 0 heterocycles. The zero-order valence-corrected chi connectivity index (χ0v) is 14.6. The van der Waals surface area contributed by atoms with E-state index in [0.29, 0.717) is 18.2 Å². The quantitative estimate of drug-likeness (QED) is 0.517. The Morgan fingerprint density at radius 3 is 2.28 bits per heavy atom. The molecule has 4 N–H and O–H groups in total. The third-order valence-corrected chi connectivity index (χ3v) is 3.74. The van der Waals surface area contributed by atoms with Crippen molar-refractivity contribution in [3.05, 3.63) is 65.0 Å². The molecule has 2 aromatic carbocycles. The van der Waals surface area contributed by atoms with E-state index in [9.17, 15) is 31.5 Å². The molecule has 0 aliphatic heterocycles. The van der Waals surface area contributed by atoms with E-state index in [4.69, 9.17) is 10.2 Å². The lowest BCUT2D eigenvalue weighted by atomic mass is 10.0. The van der Waals surface area contributed by atoms with Crippen molar-refractivity contribution in [1.29, 1.82) is 0 Å². The number of carbonyl (C=O) groups excluding carboxylic acids is 2. The molecule has 2 amide bonds. The molecular formula is C18H15F5N2O4. The second-order valence-electron chi connectivity index (χ2n) is 5.90. The Balaban J connectivity index is 2.24. The van der Waals surface area contributed by atoms with Gasteiger partial charge in [0.15, 0.2) is 11.6 Å². The minimum atomic E-state index is -4.41. The molecule has 0 unspecified atom stereocenters. The highest BCUT2D eigenvalue weighted by molar-refractivity contribution is 6.04. The van der Waals surface area contributed by atoms with Crippen LogP contribution in [0.2, 0.25) is 0 Å². The molecule has 0 saturated heterocycles. The molecule has 0 saturated carbocycles. The van der Waals surface area contributed by atoms with E-state index in [1.54, 1.807) is 5.32 Å². The van der Waals surface area contributed by atoms with Gasteiger partial charge in [0.25, 0.3) is 11.8 Å². The molecule has 1 atom stereocenters. The summed E-state index contributed by atoms with van der Waals surface area (Å²) < 4.78 is 68.6. The maximum Gasteiger partial charge on any atom is 0.352 e. The van der Waals surface area contributed by atoms with Crippen molar-refractivity contribution in [2.75, 3.05) is 18.5 Å². The van der Waals surface area contributed by atoms with E-state index < -0.39 is 65.6 Å². The Morgan fingerprint density at radius 2 is 1.66 bits per heavy atom. The van der Waals surface area contributed by atoms with Crippen molar-refractivity contribution in [2.45, 2.75) is 12.0 Å². The molecule has 2 rings (SSSR count). The number of aliphatic hydroxyl groups excluding tert-OH is 2. The molecule has 0 fully saturated rings. The zero-order chi connectivity index (χ0) is 21.8. The maximum atomic E-state index is 14.3. The smallest absolute Gasteiger partial charge is 0.352 e. The van der Waals surface area contributed by atoms with Crippen LogP contribution in [0.1, 0.15) is 15.9 Å². The molecule has 0 radical (unpaired) electrons. The number of carbonyl (C=O) groups is 2. The molecule has 0 aromatic heterocycles. The molecule has 6 nitrogen and oxygen atoms in total. The summed E-state index contributed by atoms with van der Waals surface area (Å²) in [6.45, 7) is -1.50. The number of benzene rings is 2. The first-order valence-corrected chi connectivity index (χ1v) is 8.07. The van der Waals surface area contributed by atoms with Gasteiger partial charge < -0.3 is 20.8 Å². The van der Waals surface area contributed by atoms with E-state index in [1.807, 2.05) is 0 Å². The predicted octanol–water partition coefficient (Wildman–Crippen LogP) is 1.92. The second kappa shape index (κ2) is 8.97. The number of hydrogen-bond donors (Lipinski definition) is 4. The molecule has 0 spiro atoms. The van der Waals surface area contributed by atoms with Gasteiger partial charge in [-0.25, -0.2) is 13.2 Å². The molecule has 156 valence electrons. The monoisotopic (exact) mass is 418 g/mol. The number of hydrogen-bond acceptors (Lipinski definition) is 4. The summed E-state index contributed by atoms with van der Waals surface area (Å²) in [4.78, 5) is 23.8. The van der Waals surface area contributed by atoms with Crippen molar-refractivity contribution < 1.29 is 41.8 Å². The van der Waals surface area contributed by atoms with Crippen LogP contribution in [-0.2, 0) is 10.7 Å². The normalized spacial score (nSPS) is 12.4. The third-order valence-electron chi connectivity index (χ3n) is 3.74. The van der Waals surface area contributed by atoms with Crippen LogP contribution in [-0.4, -0.2) is 41.3 Å². The lowest BCUT2D eigenvalue weighted by Gasteiger charge is -2.18. The molecular weight excluding hydrogens is 403 g/mol. The molecule has 2 aromatic rings. The van der Waals surface area contributed by atoms with Crippen LogP contribution in [0.4, 0.5) is 27.6 Å². The van der Waals surface area contributed by atoms with E-state index >= 15 is 0 Å². The average molecular weight is 418 g/mol. The summed E-state index contributed by atoms with van der Waals surface area (Å²) in [5.74, 6) is -11.3. The molecule has 0 aliphatic carbocycles. The van der Waals surface area contributed by atoms with Gasteiger partial charge in [0.2, 0.25) is 0 Å². The Morgan fingerprint density at radius 1 is 1.00 bits per heavy atom. The summed E-state index contributed by atoms with van der Waals surface area (Å²) >= 11 is 0. The number of alkyl halides is 2. The largest absolute Gasteiger partial charge is 0.394 e. The highest BCUT2D eigenvalue weighted by Gasteiger charge is 2.43. The fraction of sp³-hybridized carbons (Fsp3) is 0.222. The van der Waals surface area contributed by atoms with Crippen LogP contribution in [0, 0.1) is 17.5 Å². The van der Waals surface area contributed by atoms with Gasteiger partial charge in [-0.1, -0.05) is 0 Å². The Bertz CT molecular complexity index is 923. The maximum absolute atomic E-state index is 14.3. The fourth-order valence-electron chi connectivity index (χ4n) is 2.19. The number of anilines is 1. The van der Waals surface area contributed by atoms with Gasteiger partial charge in [-0.3, -0.25) is 9.59 Å². The summed E-state index contributed by atoms with van der Waals surface area (Å²) in [5, 5.41) is 21.5. The highest BCUT2D eigenvalue weighted by Crippen LogP contribution is 2.31. The van der Waals surface area contributed by atoms with Gasteiger partial charge >= 0.3 is 5.92 Å². The van der Waals surface area contributed by atoms with Crippen LogP contribution < -0.4 is 10.6 Å². The lowest BCUT2D eigenvalue weighted by molar-refractivity contribution is -0.148. The van der Waals surface area contributed by atoms with Crippen molar-refractivity contribution in [1.82, 2.24) is 5.32 Å². The first-order chi connectivity index (χ1) is 13.6. The third kappa shape index (κ3) is 5.27. The lowest BCUT2D eigenvalue weighted by Crippen LogP contribution is -2.42. The van der Waals surface area contributed by atoms with E-state index in [2.05, 4.69) is 5.32 Å². The second-order valence-corrected chi connectivity index (χ2v) is 5.90. The van der Waals surface area contributed by atoms with Gasteiger partial charge in [0.1, 0.15) is 5.82 Å². The molecule has 29 heavy (non-hydrogen) atoms. The van der Waals surface area contributed by atoms with Crippen molar-refractivity contribution in [2.24, 2.45) is 0 Å². The van der Waals surface area contributed by atoms with Crippen LogP contribution in [0.25, 0.3) is 0 Å². The van der Waals surface area contributed by atoms with Gasteiger partial charge in [0, 0.05) is 23.9 Å². The van der Waals surface area contributed by atoms with Crippen LogP contribution in [0.3, 0.4) is 0 Å². The Hall–Kier alpha value is -3.05. The van der Waals surface area contributed by atoms with Crippen molar-refractivity contribution >= 4 is 17.5 Å². The van der Waals surface area contributed by atoms with Gasteiger partial charge in [-0.2, -0.15) is 8.78 Å². The van der Waals surface area contributed by atoms with Crippen molar-refractivity contribution in [3.63, 3.8) is 0 Å². The Labute approximate surface area is 161 Å². The van der Waals surface area contributed by atoms with Gasteiger partial charge in [0.05, 0.1) is 18.3 Å². The average Bonchev–Trinajstić information content (AvgIpc) is 2.68. The number of rotatable bonds is 7. The van der Waals surface area contributed by atoms with Crippen LogP contribution >= 0.6 is 0 Å². The van der Waals surface area contributed by atoms with E-state index in [-0.39, 0.29) is 5.69 Å². The van der Waals surface area contributed by atoms with Crippen molar-refractivity contribution in [3.8, 4) is 0 Å². The molecule has 0 aliphatic rings. The first kappa shape index (κ1) is 22.2. The zero-order valence-electron chi connectivity index (χ0n) is 14.6. The number of halogens is 5. The summed E-state index contributed by atoms with van der Waals surface area (Å²) in [6, 6.07) is 4.26. The standard InChI is InChI=1S/C18H15F5N2O4/c19-13-3-1-9(16(28)25-10-2-4-14(20)15(21)6-10)5-12(13)18(22,23)17(29)24-7-11(27)8-26/h1-6,11,26-27H,7-8H2,(H,24,29)(H,25,28)/t11-/m1/s1. The number of nitrogens with one attached hydrogen (secondary N) is 2. The Kier molecular flexibility index (Phi) is 6.88. The molecule has 0 bridgehead atoms. The SMILES string of the molecule is O=C(Nc1ccc(F)c(F)c1)c1ccc(F)c(C(F)(F)C(=O)NC[C@@H](O)CO)c1. The summed E-state index contributed by atoms with van der Waals surface area (Å²) in [7, 11) is 0. The first-order valence-electron chi connectivity index (χ1n) is 8.07. The minimum absolute atomic E-state index is 0.178. The van der Waals surface area contributed by atoms with Crippen LogP contribution in [0.5, 0.6) is 0 Å².